The molecule has 1 aromatic rings. The van der Waals surface area contributed by atoms with Crippen molar-refractivity contribution in [2.45, 2.75) is 77.3 Å². The van der Waals surface area contributed by atoms with E-state index in [1.165, 1.54) is 43.4 Å². The molecule has 15 heteroatoms. The summed E-state index contributed by atoms with van der Waals surface area (Å²) in [6.07, 6.45) is -7.20. The number of rotatable bonds is 11. The second-order valence-corrected chi connectivity index (χ2v) is 9.60. The maximum Gasteiger partial charge on any atom is 0.409 e. The van der Waals surface area contributed by atoms with E-state index in [2.05, 4.69) is 16.0 Å². The number of ether oxygens (including phenoxy) is 2. The van der Waals surface area contributed by atoms with Crippen LogP contribution in [0.4, 0.5) is 24.1 Å². The van der Waals surface area contributed by atoms with Gasteiger partial charge in [0.05, 0.1) is 0 Å². The average molecular weight is 559 g/mol. The standard InChI is InChI=1S/C24H32F2N4O9/c1-12(27-17(32)13(2)28-21(36)39-23(3,4)5)18(33)29-15-9-7-14(8-10-15)16(11-31)38-22(37)30-24(6,19(25)26)20(34)35/h7-13,16,19H,1-6H3,(H,27,32)(H,28,36)(H,29,33)(H,30,37)(H,34,35)/t12-,13-,16?,24?/m0/s1. The Balaban J connectivity index is 2.73. The van der Waals surface area contributed by atoms with E-state index in [9.17, 15) is 37.5 Å². The molecule has 0 spiro atoms. The van der Waals surface area contributed by atoms with Crippen LogP contribution >= 0.6 is 0 Å². The van der Waals surface area contributed by atoms with Crippen LogP contribution in [0, 0.1) is 0 Å². The van der Waals surface area contributed by atoms with E-state index in [4.69, 9.17) is 14.6 Å². The van der Waals surface area contributed by atoms with Crippen LogP contribution < -0.4 is 21.3 Å². The molecule has 0 aliphatic heterocycles. The largest absolute Gasteiger partial charge is 0.479 e. The third-order valence-electron chi connectivity index (χ3n) is 4.99. The number of halogens is 2. The van der Waals surface area contributed by atoms with Crippen molar-refractivity contribution in [3.8, 4) is 0 Å². The summed E-state index contributed by atoms with van der Waals surface area (Å²) < 4.78 is 36.0. The number of nitrogens with one attached hydrogen (secondary N) is 4. The van der Waals surface area contributed by atoms with Gasteiger partial charge < -0.3 is 35.8 Å². The van der Waals surface area contributed by atoms with Gasteiger partial charge >= 0.3 is 18.2 Å². The van der Waals surface area contributed by atoms with Gasteiger partial charge in [-0.15, -0.1) is 0 Å². The minimum Gasteiger partial charge on any atom is -0.479 e. The van der Waals surface area contributed by atoms with Crippen molar-refractivity contribution in [2.24, 2.45) is 0 Å². The molecule has 13 nitrogen and oxygen atoms in total. The highest BCUT2D eigenvalue weighted by Crippen LogP contribution is 2.21. The van der Waals surface area contributed by atoms with Crippen LogP contribution in [-0.2, 0) is 28.7 Å². The van der Waals surface area contributed by atoms with Gasteiger partial charge in [-0.25, -0.2) is 23.2 Å². The molecule has 4 amide bonds. The summed E-state index contributed by atoms with van der Waals surface area (Å²) in [5.74, 6) is -3.27. The van der Waals surface area contributed by atoms with Crippen molar-refractivity contribution in [3.63, 3.8) is 0 Å². The molecule has 1 aromatic carbocycles. The zero-order valence-electron chi connectivity index (χ0n) is 22.2. The van der Waals surface area contributed by atoms with Crippen LogP contribution in [0.2, 0.25) is 0 Å². The molecule has 0 heterocycles. The predicted molar refractivity (Wildman–Crippen MR) is 132 cm³/mol. The van der Waals surface area contributed by atoms with E-state index < -0.39 is 65.7 Å². The van der Waals surface area contributed by atoms with Crippen molar-refractivity contribution < 1.29 is 52.1 Å². The molecular weight excluding hydrogens is 526 g/mol. The normalized spacial score (nSPS) is 15.0. The molecule has 0 saturated heterocycles. The number of alkyl halides is 2. The number of anilines is 1. The Morgan fingerprint density at radius 3 is 1.90 bits per heavy atom. The number of hydrogen-bond acceptors (Lipinski definition) is 8. The first-order valence-electron chi connectivity index (χ1n) is 11.6. The topological polar surface area (TPSA) is 189 Å². The smallest absolute Gasteiger partial charge is 0.409 e. The monoisotopic (exact) mass is 558 g/mol. The number of carboxylic acids is 1. The quantitative estimate of drug-likeness (QED) is 0.253. The van der Waals surface area contributed by atoms with Crippen LogP contribution in [0.3, 0.4) is 0 Å². The molecule has 0 bridgehead atoms. The molecule has 5 N–H and O–H groups in total. The van der Waals surface area contributed by atoms with Gasteiger partial charge in [0, 0.05) is 5.69 Å². The minimum atomic E-state index is -3.46. The van der Waals surface area contributed by atoms with Crippen LogP contribution in [-0.4, -0.2) is 71.0 Å². The number of aliphatic carboxylic acids is 1. The Labute approximate surface area is 223 Å². The summed E-state index contributed by atoms with van der Waals surface area (Å²) in [6.45, 7) is 8.37. The highest BCUT2D eigenvalue weighted by molar-refractivity contribution is 5.98. The Bertz CT molecular complexity index is 1080. The van der Waals surface area contributed by atoms with Gasteiger partial charge in [0.15, 0.2) is 17.9 Å². The van der Waals surface area contributed by atoms with Crippen LogP contribution in [0.5, 0.6) is 0 Å². The lowest BCUT2D eigenvalue weighted by atomic mass is 10.0. The molecule has 0 saturated carbocycles. The fraction of sp³-hybridized carbons (Fsp3) is 0.500. The number of benzene rings is 1. The van der Waals surface area contributed by atoms with Gasteiger partial charge in [0.1, 0.15) is 17.7 Å². The highest BCUT2D eigenvalue weighted by Gasteiger charge is 2.45. The Morgan fingerprint density at radius 1 is 0.897 bits per heavy atom. The van der Waals surface area contributed by atoms with Crippen molar-refractivity contribution >= 4 is 41.9 Å². The van der Waals surface area contributed by atoms with Crippen molar-refractivity contribution in [3.05, 3.63) is 29.8 Å². The Kier molecular flexibility index (Phi) is 11.3. The second-order valence-electron chi connectivity index (χ2n) is 9.60. The van der Waals surface area contributed by atoms with E-state index in [1.807, 2.05) is 0 Å². The summed E-state index contributed by atoms with van der Waals surface area (Å²) >= 11 is 0. The van der Waals surface area contributed by atoms with Crippen LogP contribution in [0.15, 0.2) is 24.3 Å². The molecule has 216 valence electrons. The molecule has 0 aliphatic carbocycles. The number of aldehydes is 1. The van der Waals surface area contributed by atoms with Crippen molar-refractivity contribution in [1.29, 1.82) is 0 Å². The van der Waals surface area contributed by atoms with E-state index >= 15 is 0 Å². The number of alkyl carbamates (subject to hydrolysis) is 2. The van der Waals surface area contributed by atoms with E-state index in [-0.39, 0.29) is 17.5 Å². The summed E-state index contributed by atoms with van der Waals surface area (Å²) in [5.41, 5.74) is -3.37. The molecular formula is C24H32F2N4O9. The molecule has 0 fully saturated rings. The molecule has 1 rings (SSSR count). The third-order valence-corrected chi connectivity index (χ3v) is 4.99. The summed E-state index contributed by atoms with van der Waals surface area (Å²) in [4.78, 5) is 71.0. The molecule has 39 heavy (non-hydrogen) atoms. The summed E-state index contributed by atoms with van der Waals surface area (Å²) in [5, 5.41) is 17.8. The van der Waals surface area contributed by atoms with Gasteiger partial charge in [-0.3, -0.25) is 14.4 Å². The second kappa shape index (κ2) is 13.5. The zero-order chi connectivity index (χ0) is 30.1. The number of carboxylic acid groups (broad SMARTS) is 1. The van der Waals surface area contributed by atoms with Gasteiger partial charge in [0.2, 0.25) is 11.8 Å². The predicted octanol–water partition coefficient (Wildman–Crippen LogP) is 2.12. The number of hydrogen-bond donors (Lipinski definition) is 5. The van der Waals surface area contributed by atoms with E-state index in [0.29, 0.717) is 6.92 Å². The molecule has 0 aromatic heterocycles. The van der Waals surface area contributed by atoms with Gasteiger partial charge in [-0.05, 0) is 59.2 Å². The maximum absolute atomic E-state index is 13.1. The van der Waals surface area contributed by atoms with Crippen molar-refractivity contribution in [1.82, 2.24) is 16.0 Å². The lowest BCUT2D eigenvalue weighted by Crippen LogP contribution is -2.57. The molecule has 0 radical (unpaired) electrons. The van der Waals surface area contributed by atoms with Gasteiger partial charge in [-0.2, -0.15) is 0 Å². The fourth-order valence-electron chi connectivity index (χ4n) is 2.69. The van der Waals surface area contributed by atoms with Crippen molar-refractivity contribution in [2.75, 3.05) is 5.32 Å². The van der Waals surface area contributed by atoms with Crippen LogP contribution in [0.25, 0.3) is 0 Å². The van der Waals surface area contributed by atoms with E-state index in [0.717, 1.165) is 0 Å². The van der Waals surface area contributed by atoms with E-state index in [1.54, 1.807) is 20.8 Å². The fourth-order valence-corrected chi connectivity index (χ4v) is 2.69. The molecule has 4 atom stereocenters. The lowest BCUT2D eigenvalue weighted by molar-refractivity contribution is -0.150. The third kappa shape index (κ3) is 10.2. The first-order valence-corrected chi connectivity index (χ1v) is 11.6. The highest BCUT2D eigenvalue weighted by atomic mass is 19.3. The number of amides is 4. The number of carbonyl (C=O) groups excluding carboxylic acids is 5. The van der Waals surface area contributed by atoms with Crippen LogP contribution in [0.1, 0.15) is 53.2 Å². The lowest BCUT2D eigenvalue weighted by Gasteiger charge is -2.25. The maximum atomic E-state index is 13.1. The Hall–Kier alpha value is -4.30. The first-order chi connectivity index (χ1) is 17.9. The average Bonchev–Trinajstić information content (AvgIpc) is 2.81. The van der Waals surface area contributed by atoms with Gasteiger partial charge in [-0.1, -0.05) is 12.1 Å². The number of carbonyl (C=O) groups is 6. The Morgan fingerprint density at radius 2 is 1.44 bits per heavy atom. The molecule has 0 aliphatic rings. The first kappa shape index (κ1) is 32.7. The summed E-state index contributed by atoms with van der Waals surface area (Å²) in [7, 11) is 0. The molecule has 2 unspecified atom stereocenters. The minimum absolute atomic E-state index is 0.0932. The summed E-state index contributed by atoms with van der Waals surface area (Å²) in [6, 6.07) is 3.25. The van der Waals surface area contributed by atoms with Gasteiger partial charge in [0.25, 0.3) is 6.43 Å². The SMILES string of the molecule is C[C@H](NC(=O)OC(C)(C)C)C(=O)N[C@@H](C)C(=O)Nc1ccc(C(C=O)OC(=O)NC(C)(C(=O)O)C(F)F)cc1. The zero-order valence-corrected chi connectivity index (χ0v) is 22.2.